The normalized spacial score (nSPS) is 13.1. The molecule has 1 N–H and O–H groups in total. The van der Waals surface area contributed by atoms with E-state index >= 15 is 0 Å². The van der Waals surface area contributed by atoms with Gasteiger partial charge < -0.3 is 10.2 Å². The number of carbonyl (C=O) groups excluding carboxylic acids is 2. The Morgan fingerprint density at radius 3 is 2.09 bits per heavy atom. The molecule has 0 spiro atoms. The van der Waals surface area contributed by atoms with E-state index in [-0.39, 0.29) is 18.5 Å². The number of amides is 2. The van der Waals surface area contributed by atoms with Crippen LogP contribution in [0.2, 0.25) is 5.02 Å². The number of rotatable bonds is 10. The molecule has 7 nitrogen and oxygen atoms in total. The summed E-state index contributed by atoms with van der Waals surface area (Å²) in [6, 6.07) is 11.5. The van der Waals surface area contributed by atoms with Crippen molar-refractivity contribution < 1.29 is 18.0 Å². The lowest BCUT2D eigenvalue weighted by Crippen LogP contribution is -2.52. The molecule has 2 atom stereocenters. The van der Waals surface area contributed by atoms with Gasteiger partial charge in [0.05, 0.1) is 11.9 Å². The van der Waals surface area contributed by atoms with Gasteiger partial charge in [0.25, 0.3) is 0 Å². The number of hydrogen-bond acceptors (Lipinski definition) is 4. The van der Waals surface area contributed by atoms with E-state index < -0.39 is 28.5 Å². The van der Waals surface area contributed by atoms with Gasteiger partial charge in [-0.15, -0.1) is 0 Å². The van der Waals surface area contributed by atoms with Crippen LogP contribution in [0.5, 0.6) is 0 Å². The van der Waals surface area contributed by atoms with Crippen molar-refractivity contribution in [2.75, 3.05) is 17.1 Å². The molecule has 2 aromatic rings. The van der Waals surface area contributed by atoms with Crippen LogP contribution in [0.25, 0.3) is 0 Å². The van der Waals surface area contributed by atoms with E-state index in [9.17, 15) is 18.0 Å². The molecular weight excluding hydrogens is 474 g/mol. The Balaban J connectivity index is 2.41. The van der Waals surface area contributed by atoms with Crippen LogP contribution >= 0.6 is 11.6 Å². The molecule has 9 heteroatoms. The van der Waals surface area contributed by atoms with E-state index in [1.807, 2.05) is 33.8 Å². The summed E-state index contributed by atoms with van der Waals surface area (Å²) in [5, 5.41) is 3.46. The average Bonchev–Trinajstić information content (AvgIpc) is 2.74. The second kappa shape index (κ2) is 11.7. The maximum Gasteiger partial charge on any atom is 0.244 e. The van der Waals surface area contributed by atoms with Gasteiger partial charge in [0.15, 0.2) is 0 Å². The molecule has 0 unspecified atom stereocenters. The minimum atomic E-state index is -3.76. The third-order valence-electron chi connectivity index (χ3n) is 5.61. The van der Waals surface area contributed by atoms with E-state index in [0.29, 0.717) is 10.7 Å². The molecule has 0 fully saturated rings. The molecular formula is C25H34ClN3O4S. The van der Waals surface area contributed by atoms with Gasteiger partial charge in [-0.3, -0.25) is 13.9 Å². The number of nitrogens with zero attached hydrogens (tertiary/aromatic N) is 2. The van der Waals surface area contributed by atoms with Crippen LogP contribution in [0, 0.1) is 13.8 Å². The highest BCUT2D eigenvalue weighted by molar-refractivity contribution is 7.92. The number of aryl methyl sites for hydroxylation is 2. The zero-order valence-corrected chi connectivity index (χ0v) is 22.2. The van der Waals surface area contributed by atoms with Crippen LogP contribution in [-0.2, 0) is 26.2 Å². The Morgan fingerprint density at radius 2 is 1.59 bits per heavy atom. The monoisotopic (exact) mass is 507 g/mol. The van der Waals surface area contributed by atoms with Crippen molar-refractivity contribution in [2.45, 2.75) is 59.7 Å². The fourth-order valence-electron chi connectivity index (χ4n) is 3.54. The standard InChI is InChI=1S/C25H34ClN3O4S/c1-7-19(4)27-25(31)20(5)28(15-21-8-10-22(26)11-9-21)24(30)16-29(34(6,32)33)23-13-17(2)12-18(3)14-23/h8-14,19-20H,7,15-16H2,1-6H3,(H,27,31)/t19-,20+/m0/s1. The number of carbonyl (C=O) groups is 2. The molecule has 2 amide bonds. The highest BCUT2D eigenvalue weighted by atomic mass is 35.5. The van der Waals surface area contributed by atoms with Gasteiger partial charge in [-0.25, -0.2) is 8.42 Å². The van der Waals surface area contributed by atoms with E-state index in [1.54, 1.807) is 43.3 Å². The Hall–Kier alpha value is -2.58. The van der Waals surface area contributed by atoms with Crippen LogP contribution in [0.15, 0.2) is 42.5 Å². The van der Waals surface area contributed by atoms with Gasteiger partial charge in [-0.05, 0) is 75.1 Å². The number of hydrogen-bond donors (Lipinski definition) is 1. The highest BCUT2D eigenvalue weighted by Crippen LogP contribution is 2.22. The molecule has 186 valence electrons. The lowest BCUT2D eigenvalue weighted by atomic mass is 10.1. The summed E-state index contributed by atoms with van der Waals surface area (Å²) >= 11 is 5.99. The first-order valence-corrected chi connectivity index (χ1v) is 13.4. The van der Waals surface area contributed by atoms with E-state index in [1.165, 1.54) is 4.90 Å². The van der Waals surface area contributed by atoms with Gasteiger partial charge in [0, 0.05) is 17.6 Å². The van der Waals surface area contributed by atoms with Gasteiger partial charge in [-0.2, -0.15) is 0 Å². The maximum absolute atomic E-state index is 13.5. The van der Waals surface area contributed by atoms with Crippen molar-refractivity contribution >= 4 is 39.1 Å². The Kier molecular flexibility index (Phi) is 9.53. The summed E-state index contributed by atoms with van der Waals surface area (Å²) in [4.78, 5) is 27.8. The quantitative estimate of drug-likeness (QED) is 0.525. The number of sulfonamides is 1. The van der Waals surface area contributed by atoms with Gasteiger partial charge >= 0.3 is 0 Å². The SMILES string of the molecule is CC[C@H](C)NC(=O)[C@@H](C)N(Cc1ccc(Cl)cc1)C(=O)CN(c1cc(C)cc(C)c1)S(C)(=O)=O. The van der Waals surface area contributed by atoms with Crippen molar-refractivity contribution in [3.8, 4) is 0 Å². The Bertz CT molecular complexity index is 1100. The third kappa shape index (κ3) is 7.74. The number of anilines is 1. The largest absolute Gasteiger partial charge is 0.352 e. The first-order valence-electron chi connectivity index (χ1n) is 11.2. The second-order valence-corrected chi connectivity index (χ2v) is 11.1. The molecule has 0 bridgehead atoms. The predicted octanol–water partition coefficient (Wildman–Crippen LogP) is 4.05. The Labute approximate surface area is 208 Å². The summed E-state index contributed by atoms with van der Waals surface area (Å²) < 4.78 is 26.4. The van der Waals surface area contributed by atoms with Crippen LogP contribution in [0.1, 0.15) is 43.9 Å². The number of benzene rings is 2. The van der Waals surface area contributed by atoms with E-state index in [4.69, 9.17) is 11.6 Å². The fraction of sp³-hybridized carbons (Fsp3) is 0.440. The summed E-state index contributed by atoms with van der Waals surface area (Å²) in [6.07, 6.45) is 1.82. The maximum atomic E-state index is 13.5. The summed E-state index contributed by atoms with van der Waals surface area (Å²) in [6.45, 7) is 8.94. The molecule has 0 heterocycles. The molecule has 34 heavy (non-hydrogen) atoms. The van der Waals surface area contributed by atoms with Crippen LogP contribution in [0.3, 0.4) is 0 Å². The lowest BCUT2D eigenvalue weighted by molar-refractivity contribution is -0.139. The molecule has 0 radical (unpaired) electrons. The Morgan fingerprint density at radius 1 is 1.03 bits per heavy atom. The highest BCUT2D eigenvalue weighted by Gasteiger charge is 2.30. The van der Waals surface area contributed by atoms with Crippen LogP contribution in [-0.4, -0.2) is 50.0 Å². The van der Waals surface area contributed by atoms with Crippen LogP contribution < -0.4 is 9.62 Å². The molecule has 0 saturated carbocycles. The first-order chi connectivity index (χ1) is 15.8. The van der Waals surface area contributed by atoms with Crippen molar-refractivity contribution in [3.05, 3.63) is 64.2 Å². The molecule has 0 aliphatic carbocycles. The van der Waals surface area contributed by atoms with Gasteiger partial charge in [0.1, 0.15) is 12.6 Å². The van der Waals surface area contributed by atoms with Gasteiger partial charge in [0.2, 0.25) is 21.8 Å². The first kappa shape index (κ1) is 27.7. The number of halogens is 1. The number of nitrogens with one attached hydrogen (secondary N) is 1. The molecule has 0 aromatic heterocycles. The summed E-state index contributed by atoms with van der Waals surface area (Å²) in [7, 11) is -3.76. The topological polar surface area (TPSA) is 86.8 Å². The van der Waals surface area contributed by atoms with E-state index in [0.717, 1.165) is 33.7 Å². The summed E-state index contributed by atoms with van der Waals surface area (Å²) in [5.41, 5.74) is 2.96. The zero-order chi connectivity index (χ0) is 25.6. The van der Waals surface area contributed by atoms with Crippen molar-refractivity contribution in [3.63, 3.8) is 0 Å². The molecule has 0 aliphatic heterocycles. The van der Waals surface area contributed by atoms with Crippen LogP contribution in [0.4, 0.5) is 5.69 Å². The molecule has 2 aromatic carbocycles. The molecule has 2 rings (SSSR count). The molecule has 0 saturated heterocycles. The third-order valence-corrected chi connectivity index (χ3v) is 7.00. The van der Waals surface area contributed by atoms with Crippen molar-refractivity contribution in [2.24, 2.45) is 0 Å². The van der Waals surface area contributed by atoms with Crippen molar-refractivity contribution in [1.82, 2.24) is 10.2 Å². The van der Waals surface area contributed by atoms with E-state index in [2.05, 4.69) is 5.32 Å². The second-order valence-electron chi connectivity index (χ2n) is 8.76. The summed E-state index contributed by atoms with van der Waals surface area (Å²) in [5.74, 6) is -0.777. The average molecular weight is 508 g/mol. The fourth-order valence-corrected chi connectivity index (χ4v) is 4.50. The smallest absolute Gasteiger partial charge is 0.244 e. The zero-order valence-electron chi connectivity index (χ0n) is 20.6. The van der Waals surface area contributed by atoms with Crippen molar-refractivity contribution in [1.29, 1.82) is 0 Å². The van der Waals surface area contributed by atoms with Gasteiger partial charge in [-0.1, -0.05) is 36.7 Å². The lowest BCUT2D eigenvalue weighted by Gasteiger charge is -2.32. The molecule has 0 aliphatic rings. The predicted molar refractivity (Wildman–Crippen MR) is 137 cm³/mol. The minimum Gasteiger partial charge on any atom is -0.352 e. The minimum absolute atomic E-state index is 0.0507.